The molecule has 1 aliphatic heterocycles. The first-order chi connectivity index (χ1) is 11.8. The van der Waals surface area contributed by atoms with Crippen LogP contribution in [-0.4, -0.2) is 35.2 Å². The number of nitrogens with two attached hydrogens (primary N) is 1. The van der Waals surface area contributed by atoms with Crippen molar-refractivity contribution in [2.24, 2.45) is 11.7 Å². The van der Waals surface area contributed by atoms with Crippen molar-refractivity contribution < 1.29 is 18.0 Å². The van der Waals surface area contributed by atoms with Gasteiger partial charge in [0, 0.05) is 30.6 Å². The van der Waals surface area contributed by atoms with Gasteiger partial charge in [-0.2, -0.15) is 18.4 Å². The molecular formula is C17H15F3N4O. The third-order valence-corrected chi connectivity index (χ3v) is 4.59. The first-order valence-corrected chi connectivity index (χ1v) is 7.70. The number of carbonyl (C=O) groups is 1. The predicted molar refractivity (Wildman–Crippen MR) is 84.5 cm³/mol. The number of alkyl halides is 3. The number of nitrogens with zero attached hydrogens (tertiary/aromatic N) is 3. The topological polar surface area (TPSA) is 83.0 Å². The van der Waals surface area contributed by atoms with Crippen LogP contribution in [-0.2, 0) is 0 Å². The van der Waals surface area contributed by atoms with Crippen molar-refractivity contribution in [3.8, 4) is 6.07 Å². The molecule has 2 N–H and O–H groups in total. The van der Waals surface area contributed by atoms with Gasteiger partial charge >= 0.3 is 12.2 Å². The molecule has 0 spiro atoms. The lowest BCUT2D eigenvalue weighted by Gasteiger charge is -2.38. The van der Waals surface area contributed by atoms with E-state index in [9.17, 15) is 23.2 Å². The van der Waals surface area contributed by atoms with Crippen LogP contribution in [0.2, 0.25) is 0 Å². The van der Waals surface area contributed by atoms with Crippen LogP contribution in [0.3, 0.4) is 0 Å². The first-order valence-electron chi connectivity index (χ1n) is 7.70. The number of nitriles is 1. The third kappa shape index (κ3) is 3.22. The smallest absolute Gasteiger partial charge is 0.351 e. The lowest BCUT2D eigenvalue weighted by molar-refractivity contribution is -0.185. The SMILES string of the molecule is N#Cc1ccc(C2C[C@H](C(F)(F)F)CN(C(N)=O)C2)c2cccnc12. The summed E-state index contributed by atoms with van der Waals surface area (Å²) in [5.41, 5.74) is 6.68. The van der Waals surface area contributed by atoms with Gasteiger partial charge in [-0.1, -0.05) is 12.1 Å². The number of likely N-dealkylation sites (tertiary alicyclic amines) is 1. The second kappa shape index (κ2) is 6.24. The van der Waals surface area contributed by atoms with Gasteiger partial charge in [0.05, 0.1) is 17.0 Å². The van der Waals surface area contributed by atoms with Gasteiger partial charge in [-0.05, 0) is 24.1 Å². The van der Waals surface area contributed by atoms with E-state index in [4.69, 9.17) is 5.73 Å². The van der Waals surface area contributed by atoms with E-state index in [1.807, 2.05) is 6.07 Å². The molecule has 2 aromatic rings. The Balaban J connectivity index is 2.07. The summed E-state index contributed by atoms with van der Waals surface area (Å²) in [5, 5.41) is 9.82. The number of rotatable bonds is 1. The van der Waals surface area contributed by atoms with Crippen molar-refractivity contribution in [1.29, 1.82) is 5.26 Å². The Morgan fingerprint density at radius 1 is 1.32 bits per heavy atom. The lowest BCUT2D eigenvalue weighted by atomic mass is 9.82. The number of amides is 2. The summed E-state index contributed by atoms with van der Waals surface area (Å²) in [6.07, 6.45) is -3.02. The zero-order chi connectivity index (χ0) is 18.2. The van der Waals surface area contributed by atoms with E-state index >= 15 is 0 Å². The fraction of sp³-hybridized carbons (Fsp3) is 0.353. The summed E-state index contributed by atoms with van der Waals surface area (Å²) in [6, 6.07) is 7.76. The molecule has 0 bridgehead atoms. The van der Waals surface area contributed by atoms with Gasteiger partial charge in [0.25, 0.3) is 0 Å². The Kier molecular flexibility index (Phi) is 4.25. The number of aromatic nitrogens is 1. The molecule has 130 valence electrons. The minimum atomic E-state index is -4.41. The number of carbonyl (C=O) groups excluding carboxylic acids is 1. The van der Waals surface area contributed by atoms with E-state index in [2.05, 4.69) is 4.98 Å². The minimum absolute atomic E-state index is 0.109. The molecule has 1 saturated heterocycles. The second-order valence-corrected chi connectivity index (χ2v) is 6.13. The normalized spacial score (nSPS) is 21.1. The molecule has 1 unspecified atom stereocenters. The number of primary amides is 1. The minimum Gasteiger partial charge on any atom is -0.351 e. The number of fused-ring (bicyclic) bond motifs is 1. The maximum atomic E-state index is 13.3. The molecule has 0 radical (unpaired) electrons. The van der Waals surface area contributed by atoms with Gasteiger partial charge in [-0.15, -0.1) is 0 Å². The molecule has 25 heavy (non-hydrogen) atoms. The van der Waals surface area contributed by atoms with Crippen LogP contribution in [0.1, 0.15) is 23.5 Å². The van der Waals surface area contributed by atoms with Crippen molar-refractivity contribution in [3.63, 3.8) is 0 Å². The van der Waals surface area contributed by atoms with Crippen molar-refractivity contribution in [2.75, 3.05) is 13.1 Å². The van der Waals surface area contributed by atoms with Crippen LogP contribution in [0.5, 0.6) is 0 Å². The van der Waals surface area contributed by atoms with Crippen molar-refractivity contribution in [3.05, 3.63) is 41.6 Å². The highest BCUT2D eigenvalue weighted by Gasteiger charge is 2.45. The molecule has 1 fully saturated rings. The average Bonchev–Trinajstić information content (AvgIpc) is 2.59. The maximum absolute atomic E-state index is 13.3. The van der Waals surface area contributed by atoms with Crippen LogP contribution < -0.4 is 5.73 Å². The number of urea groups is 1. The van der Waals surface area contributed by atoms with Crippen molar-refractivity contribution in [2.45, 2.75) is 18.5 Å². The van der Waals surface area contributed by atoms with Gasteiger partial charge in [-0.25, -0.2) is 4.79 Å². The first kappa shape index (κ1) is 17.0. The quantitative estimate of drug-likeness (QED) is 0.859. The molecule has 0 saturated carbocycles. The highest BCUT2D eigenvalue weighted by molar-refractivity contribution is 5.87. The third-order valence-electron chi connectivity index (χ3n) is 4.59. The van der Waals surface area contributed by atoms with E-state index in [1.165, 1.54) is 6.20 Å². The zero-order valence-corrected chi connectivity index (χ0v) is 13.1. The largest absolute Gasteiger partial charge is 0.393 e. The van der Waals surface area contributed by atoms with Gasteiger partial charge in [0.15, 0.2) is 0 Å². The number of pyridine rings is 1. The summed E-state index contributed by atoms with van der Waals surface area (Å²) >= 11 is 0. The van der Waals surface area contributed by atoms with Gasteiger partial charge in [-0.3, -0.25) is 4.98 Å². The molecule has 2 heterocycles. The van der Waals surface area contributed by atoms with E-state index in [1.54, 1.807) is 24.3 Å². The molecular weight excluding hydrogens is 333 g/mol. The Bertz CT molecular complexity index is 859. The Morgan fingerprint density at radius 3 is 2.72 bits per heavy atom. The predicted octanol–water partition coefficient (Wildman–Crippen LogP) is 3.15. The van der Waals surface area contributed by atoms with E-state index in [-0.39, 0.29) is 13.0 Å². The Morgan fingerprint density at radius 2 is 2.08 bits per heavy atom. The summed E-state index contributed by atoms with van der Waals surface area (Å²) in [7, 11) is 0. The maximum Gasteiger partial charge on any atom is 0.393 e. The highest BCUT2D eigenvalue weighted by Crippen LogP contribution is 2.40. The molecule has 0 aliphatic carbocycles. The molecule has 5 nitrogen and oxygen atoms in total. The van der Waals surface area contributed by atoms with Gasteiger partial charge in [0.1, 0.15) is 6.07 Å². The van der Waals surface area contributed by atoms with E-state index in [0.717, 1.165) is 4.90 Å². The number of halogens is 3. The molecule has 8 heteroatoms. The fourth-order valence-corrected chi connectivity index (χ4v) is 3.38. The number of hydrogen-bond acceptors (Lipinski definition) is 3. The molecule has 1 aromatic carbocycles. The van der Waals surface area contributed by atoms with Gasteiger partial charge < -0.3 is 10.6 Å². The van der Waals surface area contributed by atoms with Crippen LogP contribution in [0.15, 0.2) is 30.5 Å². The van der Waals surface area contributed by atoms with Gasteiger partial charge in [0.2, 0.25) is 0 Å². The standard InChI is InChI=1S/C17H15F3N4O/c18-17(19,20)12-6-11(8-24(9-12)16(22)25)13-4-3-10(7-21)15-14(13)2-1-5-23-15/h1-5,11-12H,6,8-9H2,(H2,22,25)/t11?,12-/m0/s1. The highest BCUT2D eigenvalue weighted by atomic mass is 19.4. The Labute approximate surface area is 141 Å². The summed E-state index contributed by atoms with van der Waals surface area (Å²) in [4.78, 5) is 16.7. The fourth-order valence-electron chi connectivity index (χ4n) is 3.38. The number of piperidine rings is 1. The summed E-state index contributed by atoms with van der Waals surface area (Å²) in [6.45, 7) is -0.320. The van der Waals surface area contributed by atoms with Crippen molar-refractivity contribution >= 4 is 16.9 Å². The van der Waals surface area contributed by atoms with E-state index < -0.39 is 30.6 Å². The average molecular weight is 348 g/mol. The molecule has 1 aliphatic rings. The molecule has 2 atom stereocenters. The van der Waals surface area contributed by atoms with Crippen LogP contribution in [0, 0.1) is 17.2 Å². The summed E-state index contributed by atoms with van der Waals surface area (Å²) in [5.74, 6) is -2.17. The lowest BCUT2D eigenvalue weighted by Crippen LogP contribution is -2.49. The summed E-state index contributed by atoms with van der Waals surface area (Å²) < 4.78 is 39.8. The molecule has 2 amide bonds. The number of benzene rings is 1. The monoisotopic (exact) mass is 348 g/mol. The van der Waals surface area contributed by atoms with Crippen molar-refractivity contribution in [1.82, 2.24) is 9.88 Å². The van der Waals surface area contributed by atoms with Crippen LogP contribution in [0.25, 0.3) is 10.9 Å². The number of hydrogen-bond donors (Lipinski definition) is 1. The second-order valence-electron chi connectivity index (χ2n) is 6.13. The molecule has 1 aromatic heterocycles. The van der Waals surface area contributed by atoms with E-state index in [0.29, 0.717) is 22.0 Å². The zero-order valence-electron chi connectivity index (χ0n) is 13.1. The van der Waals surface area contributed by atoms with Crippen LogP contribution >= 0.6 is 0 Å². The molecule has 3 rings (SSSR count). The Hall–Kier alpha value is -2.82. The van der Waals surface area contributed by atoms with Crippen LogP contribution in [0.4, 0.5) is 18.0 Å².